The summed E-state index contributed by atoms with van der Waals surface area (Å²) in [5.74, 6) is -0.807. The van der Waals surface area contributed by atoms with Gasteiger partial charge in [0.2, 0.25) is 0 Å². The molecule has 1 N–H and O–H groups in total. The van der Waals surface area contributed by atoms with Gasteiger partial charge in [0.05, 0.1) is 12.8 Å². The third-order valence-electron chi connectivity index (χ3n) is 4.88. The SMILES string of the molecule is COc1ccc(N2C(=O)NC(=O)/C(=C\c3ccc(Sc4ccc(C)cc4)cc3)C2=O)cc1. The number of imide groups is 2. The van der Waals surface area contributed by atoms with Gasteiger partial charge in [0, 0.05) is 9.79 Å². The first kappa shape index (κ1) is 21.4. The fourth-order valence-electron chi connectivity index (χ4n) is 3.16. The number of nitrogens with one attached hydrogen (secondary N) is 1. The van der Waals surface area contributed by atoms with Gasteiger partial charge in [-0.3, -0.25) is 14.9 Å². The van der Waals surface area contributed by atoms with E-state index in [4.69, 9.17) is 4.74 Å². The van der Waals surface area contributed by atoms with Crippen LogP contribution >= 0.6 is 11.8 Å². The number of aryl methyl sites for hydroxylation is 1. The molecule has 1 heterocycles. The van der Waals surface area contributed by atoms with E-state index < -0.39 is 17.8 Å². The van der Waals surface area contributed by atoms with Gasteiger partial charge in [-0.05, 0) is 67.1 Å². The first-order valence-electron chi connectivity index (χ1n) is 9.85. The lowest BCUT2D eigenvalue weighted by Gasteiger charge is -2.26. The zero-order valence-corrected chi connectivity index (χ0v) is 18.3. The summed E-state index contributed by atoms with van der Waals surface area (Å²) in [6.07, 6.45) is 1.49. The molecule has 32 heavy (non-hydrogen) atoms. The van der Waals surface area contributed by atoms with Crippen LogP contribution in [-0.2, 0) is 9.59 Å². The summed E-state index contributed by atoms with van der Waals surface area (Å²) in [4.78, 5) is 40.8. The smallest absolute Gasteiger partial charge is 0.335 e. The van der Waals surface area contributed by atoms with Crippen LogP contribution in [0.5, 0.6) is 5.75 Å². The Hall–Kier alpha value is -3.84. The summed E-state index contributed by atoms with van der Waals surface area (Å²) >= 11 is 1.62. The van der Waals surface area contributed by atoms with Crippen LogP contribution in [0.3, 0.4) is 0 Å². The Morgan fingerprint density at radius 1 is 0.844 bits per heavy atom. The van der Waals surface area contributed by atoms with Gasteiger partial charge >= 0.3 is 6.03 Å². The molecule has 1 aliphatic rings. The Labute approximate surface area is 189 Å². The molecule has 1 saturated heterocycles. The van der Waals surface area contributed by atoms with Gasteiger partial charge in [-0.25, -0.2) is 9.69 Å². The quantitative estimate of drug-likeness (QED) is 0.451. The maximum Gasteiger partial charge on any atom is 0.335 e. The topological polar surface area (TPSA) is 75.7 Å². The monoisotopic (exact) mass is 444 g/mol. The van der Waals surface area contributed by atoms with Crippen LogP contribution in [0.2, 0.25) is 0 Å². The van der Waals surface area contributed by atoms with Crippen LogP contribution in [0.15, 0.2) is 88.2 Å². The number of hydrogen-bond acceptors (Lipinski definition) is 5. The average Bonchev–Trinajstić information content (AvgIpc) is 2.79. The van der Waals surface area contributed by atoms with Crippen molar-refractivity contribution >= 4 is 41.4 Å². The molecule has 0 bridgehead atoms. The molecule has 6 nitrogen and oxygen atoms in total. The second kappa shape index (κ2) is 9.11. The van der Waals surface area contributed by atoms with Crippen molar-refractivity contribution in [2.75, 3.05) is 12.0 Å². The Balaban J connectivity index is 1.56. The number of anilines is 1. The molecular weight excluding hydrogens is 424 g/mol. The van der Waals surface area contributed by atoms with Crippen LogP contribution < -0.4 is 15.0 Å². The highest BCUT2D eigenvalue weighted by Gasteiger charge is 2.36. The van der Waals surface area contributed by atoms with Gasteiger partial charge < -0.3 is 4.74 Å². The van der Waals surface area contributed by atoms with Crippen LogP contribution in [0.25, 0.3) is 6.08 Å². The molecule has 4 amide bonds. The molecule has 0 aromatic heterocycles. The Morgan fingerprint density at radius 3 is 2.03 bits per heavy atom. The van der Waals surface area contributed by atoms with Crippen molar-refractivity contribution < 1.29 is 19.1 Å². The largest absolute Gasteiger partial charge is 0.497 e. The third-order valence-corrected chi connectivity index (χ3v) is 5.90. The van der Waals surface area contributed by atoms with E-state index in [-0.39, 0.29) is 5.57 Å². The van der Waals surface area contributed by atoms with Gasteiger partial charge in [-0.1, -0.05) is 41.6 Å². The van der Waals surface area contributed by atoms with Crippen molar-refractivity contribution in [3.8, 4) is 5.75 Å². The van der Waals surface area contributed by atoms with Crippen LogP contribution in [0.1, 0.15) is 11.1 Å². The van der Waals surface area contributed by atoms with E-state index in [1.165, 1.54) is 18.7 Å². The van der Waals surface area contributed by atoms with Crippen molar-refractivity contribution in [2.24, 2.45) is 0 Å². The van der Waals surface area contributed by atoms with E-state index in [1.54, 1.807) is 36.0 Å². The summed E-state index contributed by atoms with van der Waals surface area (Å²) in [5, 5.41) is 2.23. The number of nitrogens with zero attached hydrogens (tertiary/aromatic N) is 1. The summed E-state index contributed by atoms with van der Waals surface area (Å²) in [5.41, 5.74) is 2.12. The molecule has 3 aromatic carbocycles. The number of rotatable bonds is 5. The molecule has 4 rings (SSSR count). The van der Waals surface area contributed by atoms with Gasteiger partial charge in [-0.15, -0.1) is 0 Å². The highest BCUT2D eigenvalue weighted by atomic mass is 32.2. The van der Waals surface area contributed by atoms with Gasteiger partial charge in [0.15, 0.2) is 0 Å². The molecule has 1 aliphatic heterocycles. The number of carbonyl (C=O) groups is 3. The zero-order valence-electron chi connectivity index (χ0n) is 17.5. The maximum absolute atomic E-state index is 13.0. The van der Waals surface area contributed by atoms with E-state index >= 15 is 0 Å². The van der Waals surface area contributed by atoms with E-state index in [0.717, 1.165) is 14.7 Å². The molecule has 7 heteroatoms. The predicted molar refractivity (Wildman–Crippen MR) is 124 cm³/mol. The number of methoxy groups -OCH3 is 1. The van der Waals surface area contributed by atoms with Crippen LogP contribution in [0.4, 0.5) is 10.5 Å². The summed E-state index contributed by atoms with van der Waals surface area (Å²) in [6, 6.07) is 21.4. The zero-order chi connectivity index (χ0) is 22.7. The first-order valence-corrected chi connectivity index (χ1v) is 10.7. The number of benzene rings is 3. The summed E-state index contributed by atoms with van der Waals surface area (Å²) < 4.78 is 5.11. The summed E-state index contributed by atoms with van der Waals surface area (Å²) in [7, 11) is 1.53. The van der Waals surface area contributed by atoms with Crippen molar-refractivity contribution in [3.05, 3.63) is 89.5 Å². The van der Waals surface area contributed by atoms with Crippen LogP contribution in [0, 0.1) is 6.92 Å². The Morgan fingerprint density at radius 2 is 1.44 bits per heavy atom. The number of barbiturate groups is 1. The second-order valence-electron chi connectivity index (χ2n) is 7.14. The minimum Gasteiger partial charge on any atom is -0.497 e. The molecule has 0 spiro atoms. The molecule has 0 aliphatic carbocycles. The van der Waals surface area contributed by atoms with Gasteiger partial charge in [0.25, 0.3) is 11.8 Å². The van der Waals surface area contributed by atoms with Crippen molar-refractivity contribution in [2.45, 2.75) is 16.7 Å². The predicted octanol–water partition coefficient (Wildman–Crippen LogP) is 4.82. The van der Waals surface area contributed by atoms with Crippen molar-refractivity contribution in [1.82, 2.24) is 5.32 Å². The lowest BCUT2D eigenvalue weighted by Crippen LogP contribution is -2.54. The van der Waals surface area contributed by atoms with Crippen LogP contribution in [-0.4, -0.2) is 25.0 Å². The number of urea groups is 1. The van der Waals surface area contributed by atoms with Crippen molar-refractivity contribution in [3.63, 3.8) is 0 Å². The molecule has 0 atom stereocenters. The molecule has 0 saturated carbocycles. The standard InChI is InChI=1S/C25H20N2O4S/c1-16-3-11-20(12-4-16)32-21-13-5-17(6-14-21)15-22-23(28)26-25(30)27(24(22)29)18-7-9-19(31-2)10-8-18/h3-15H,1-2H3,(H,26,28,30)/b22-15+. The van der Waals surface area contributed by atoms with Gasteiger partial charge in [-0.2, -0.15) is 0 Å². The second-order valence-corrected chi connectivity index (χ2v) is 8.29. The Bertz CT molecular complexity index is 1200. The Kier molecular flexibility index (Phi) is 6.09. The third kappa shape index (κ3) is 4.58. The molecule has 0 unspecified atom stereocenters. The van der Waals surface area contributed by atoms with Crippen molar-refractivity contribution in [1.29, 1.82) is 0 Å². The van der Waals surface area contributed by atoms with E-state index in [9.17, 15) is 14.4 Å². The maximum atomic E-state index is 13.0. The molecular formula is C25H20N2O4S. The van der Waals surface area contributed by atoms with E-state index in [2.05, 4.69) is 29.6 Å². The molecule has 3 aromatic rings. The van der Waals surface area contributed by atoms with E-state index in [0.29, 0.717) is 17.0 Å². The lowest BCUT2D eigenvalue weighted by atomic mass is 10.1. The molecule has 1 fully saturated rings. The lowest BCUT2D eigenvalue weighted by molar-refractivity contribution is -0.122. The minimum atomic E-state index is -0.785. The highest BCUT2D eigenvalue weighted by Crippen LogP contribution is 2.29. The average molecular weight is 445 g/mol. The highest BCUT2D eigenvalue weighted by molar-refractivity contribution is 7.99. The van der Waals surface area contributed by atoms with E-state index in [1.807, 2.05) is 31.2 Å². The number of ether oxygens (including phenoxy) is 1. The normalized spacial score (nSPS) is 15.1. The number of amides is 4. The molecule has 160 valence electrons. The fourth-order valence-corrected chi connectivity index (χ4v) is 3.98. The number of carbonyl (C=O) groups excluding carboxylic acids is 3. The molecule has 0 radical (unpaired) electrons. The minimum absolute atomic E-state index is 0.112. The number of hydrogen-bond donors (Lipinski definition) is 1. The fraction of sp³-hybridized carbons (Fsp3) is 0.0800. The van der Waals surface area contributed by atoms with Gasteiger partial charge in [0.1, 0.15) is 11.3 Å². The first-order chi connectivity index (χ1) is 15.4. The summed E-state index contributed by atoms with van der Waals surface area (Å²) in [6.45, 7) is 2.04.